The number of unbranched alkanes of at least 4 members (excludes halogenated alkanes) is 2. The van der Waals surface area contributed by atoms with E-state index in [1.807, 2.05) is 0 Å². The molecule has 0 aliphatic heterocycles. The third kappa shape index (κ3) is 16.5. The molecule has 0 heterocycles. The number of hydrogen-bond acceptors (Lipinski definition) is 4. The van der Waals surface area contributed by atoms with Gasteiger partial charge in [0.15, 0.2) is 0 Å². The Bertz CT molecular complexity index is 159. The molecule has 0 aliphatic rings. The van der Waals surface area contributed by atoms with Crippen molar-refractivity contribution in [1.29, 1.82) is 0 Å². The van der Waals surface area contributed by atoms with E-state index in [1.54, 1.807) is 23.5 Å². The van der Waals surface area contributed by atoms with Crippen molar-refractivity contribution in [1.82, 2.24) is 0 Å². The van der Waals surface area contributed by atoms with Gasteiger partial charge in [0, 0.05) is 11.5 Å². The van der Waals surface area contributed by atoms with Crippen molar-refractivity contribution in [3.05, 3.63) is 0 Å². The Morgan fingerprint density at radius 2 is 1.21 bits per heavy atom. The Kier molecular flexibility index (Phi) is 17.4. The Balaban J connectivity index is 0. The fourth-order valence-corrected chi connectivity index (χ4v) is 2.33. The van der Waals surface area contributed by atoms with Gasteiger partial charge in [-0.1, -0.05) is 54.4 Å². The molecule has 7 heteroatoms. The summed E-state index contributed by atoms with van der Waals surface area (Å²) >= 11 is 12.6. The number of thioether (sulfide) groups is 2. The summed E-state index contributed by atoms with van der Waals surface area (Å²) in [6, 6.07) is 0. The Morgan fingerprint density at radius 1 is 0.857 bits per heavy atom. The Morgan fingerprint density at radius 3 is 1.50 bits per heavy atom. The summed E-state index contributed by atoms with van der Waals surface area (Å²) in [6.45, 7) is 0. The molecule has 76 valence electrons. The second-order valence-electron chi connectivity index (χ2n) is 2.40. The molecule has 0 aromatic rings. The summed E-state index contributed by atoms with van der Waals surface area (Å²) < 4.78 is 1.08. The van der Waals surface area contributed by atoms with Crippen molar-refractivity contribution in [2.24, 2.45) is 11.5 Å². The van der Waals surface area contributed by atoms with E-state index in [0.717, 1.165) is 24.3 Å². The Hall–Kier alpha value is 2.12. The van der Waals surface area contributed by atoms with Gasteiger partial charge >= 0.3 is 51.4 Å². The molecule has 0 radical (unpaired) electrons. The van der Waals surface area contributed by atoms with Crippen molar-refractivity contribution >= 4 is 56.6 Å². The van der Waals surface area contributed by atoms with E-state index in [-0.39, 0.29) is 51.4 Å². The molecule has 0 fully saturated rings. The molecule has 0 aromatic carbocycles. The third-order valence-corrected chi connectivity index (χ3v) is 3.54. The average Bonchev–Trinajstić information content (AvgIpc) is 2.01. The number of rotatable bonds is 6. The van der Waals surface area contributed by atoms with Gasteiger partial charge in [0.2, 0.25) is 0 Å². The van der Waals surface area contributed by atoms with Gasteiger partial charge in [0.25, 0.3) is 0 Å². The molecule has 0 amide bonds. The first-order valence-corrected chi connectivity index (χ1v) is 6.76. The van der Waals surface area contributed by atoms with Gasteiger partial charge in [0.05, 0.1) is 0 Å². The topological polar surface area (TPSA) is 52.0 Å². The SMILES string of the molecule is NC(=S)SCCCCCSC(N)=S.[K+]. The van der Waals surface area contributed by atoms with E-state index < -0.39 is 0 Å². The molecule has 14 heavy (non-hydrogen) atoms. The van der Waals surface area contributed by atoms with Crippen molar-refractivity contribution in [2.75, 3.05) is 11.5 Å². The van der Waals surface area contributed by atoms with Crippen LogP contribution in [0.25, 0.3) is 0 Å². The maximum atomic E-state index is 5.33. The molecule has 0 aliphatic carbocycles. The molecule has 0 spiro atoms. The summed E-state index contributed by atoms with van der Waals surface area (Å²) in [4.78, 5) is 0. The minimum absolute atomic E-state index is 0. The van der Waals surface area contributed by atoms with Crippen LogP contribution in [0.15, 0.2) is 0 Å². The zero-order chi connectivity index (χ0) is 10.1. The van der Waals surface area contributed by atoms with Crippen molar-refractivity contribution in [3.63, 3.8) is 0 Å². The summed E-state index contributed by atoms with van der Waals surface area (Å²) in [5.74, 6) is 2.04. The molecule has 0 atom stereocenters. The maximum absolute atomic E-state index is 5.33. The van der Waals surface area contributed by atoms with E-state index in [0.29, 0.717) is 8.64 Å². The van der Waals surface area contributed by atoms with Gasteiger partial charge in [-0.2, -0.15) is 0 Å². The van der Waals surface area contributed by atoms with Crippen LogP contribution < -0.4 is 62.9 Å². The van der Waals surface area contributed by atoms with E-state index in [4.69, 9.17) is 35.9 Å². The summed E-state index contributed by atoms with van der Waals surface area (Å²) in [7, 11) is 0. The van der Waals surface area contributed by atoms with Crippen LogP contribution in [0.4, 0.5) is 0 Å². The molecule has 0 bridgehead atoms. The summed E-state index contributed by atoms with van der Waals surface area (Å²) in [6.07, 6.45) is 3.49. The monoisotopic (exact) mass is 293 g/mol. The third-order valence-electron chi connectivity index (χ3n) is 1.28. The van der Waals surface area contributed by atoms with Crippen LogP contribution in [0.2, 0.25) is 0 Å². The molecular formula is C7H14KN2S4+. The van der Waals surface area contributed by atoms with Gasteiger partial charge in [0.1, 0.15) is 8.64 Å². The van der Waals surface area contributed by atoms with Gasteiger partial charge in [-0.05, 0) is 12.8 Å². The second-order valence-corrected chi connectivity index (χ2v) is 6.07. The average molecular weight is 294 g/mol. The first kappa shape index (κ1) is 18.5. The van der Waals surface area contributed by atoms with Crippen molar-refractivity contribution in [3.8, 4) is 0 Å². The van der Waals surface area contributed by atoms with Crippen molar-refractivity contribution in [2.45, 2.75) is 19.3 Å². The van der Waals surface area contributed by atoms with Crippen LogP contribution in [0.5, 0.6) is 0 Å². The molecule has 0 saturated carbocycles. The molecule has 0 saturated heterocycles. The van der Waals surface area contributed by atoms with E-state index >= 15 is 0 Å². The van der Waals surface area contributed by atoms with Gasteiger partial charge < -0.3 is 11.5 Å². The van der Waals surface area contributed by atoms with Gasteiger partial charge in [-0.3, -0.25) is 0 Å². The van der Waals surface area contributed by atoms with Crippen LogP contribution in [0.1, 0.15) is 19.3 Å². The minimum Gasteiger partial charge on any atom is -0.385 e. The molecular weight excluding hydrogens is 279 g/mol. The zero-order valence-corrected chi connectivity index (χ0v) is 14.7. The predicted molar refractivity (Wildman–Crippen MR) is 72.3 cm³/mol. The number of hydrogen-bond donors (Lipinski definition) is 2. The number of thiocarbonyl (C=S) groups is 2. The molecule has 4 N–H and O–H groups in total. The molecule has 0 aromatic heterocycles. The molecule has 0 unspecified atom stereocenters. The smallest absolute Gasteiger partial charge is 0.385 e. The standard InChI is InChI=1S/C7H14N2S4.K/c8-6(10)12-4-2-1-3-5-13-7(9)11;/h1-5H2,(H2,8,10)(H2,9,11);/q;+1. The van der Waals surface area contributed by atoms with E-state index in [1.165, 1.54) is 6.42 Å². The molecule has 2 nitrogen and oxygen atoms in total. The van der Waals surface area contributed by atoms with Crippen LogP contribution >= 0.6 is 48.0 Å². The fraction of sp³-hybridized carbons (Fsp3) is 0.714. The quantitative estimate of drug-likeness (QED) is 0.377. The first-order chi connectivity index (χ1) is 6.13. The van der Waals surface area contributed by atoms with Gasteiger partial charge in [-0.15, -0.1) is 0 Å². The van der Waals surface area contributed by atoms with Crippen LogP contribution in [0.3, 0.4) is 0 Å². The fourth-order valence-electron chi connectivity index (χ4n) is 0.726. The summed E-state index contributed by atoms with van der Waals surface area (Å²) in [5.41, 5.74) is 10.7. The van der Waals surface area contributed by atoms with Crippen LogP contribution in [-0.4, -0.2) is 20.1 Å². The van der Waals surface area contributed by atoms with Crippen LogP contribution in [-0.2, 0) is 0 Å². The largest absolute Gasteiger partial charge is 1.00 e. The van der Waals surface area contributed by atoms with Crippen LogP contribution in [0, 0.1) is 0 Å². The minimum atomic E-state index is 0. The predicted octanol–water partition coefficient (Wildman–Crippen LogP) is -0.886. The zero-order valence-electron chi connectivity index (χ0n) is 8.32. The Labute approximate surface area is 147 Å². The van der Waals surface area contributed by atoms with Gasteiger partial charge in [-0.25, -0.2) is 0 Å². The first-order valence-electron chi connectivity index (χ1n) is 3.97. The number of nitrogens with two attached hydrogens (primary N) is 2. The second kappa shape index (κ2) is 13.2. The van der Waals surface area contributed by atoms with E-state index in [2.05, 4.69) is 0 Å². The van der Waals surface area contributed by atoms with Crippen molar-refractivity contribution < 1.29 is 51.4 Å². The summed E-state index contributed by atoms with van der Waals surface area (Å²) in [5, 5.41) is 0. The van der Waals surface area contributed by atoms with E-state index in [9.17, 15) is 0 Å². The maximum Gasteiger partial charge on any atom is 1.00 e. The normalized spacial score (nSPS) is 9.14. The molecule has 0 rings (SSSR count).